The highest BCUT2D eigenvalue weighted by Gasteiger charge is 2.24. The molecule has 6 heteroatoms. The number of allylic oxidation sites excluding steroid dienone is 1. The van der Waals surface area contributed by atoms with Crippen LogP contribution >= 0.6 is 0 Å². The highest BCUT2D eigenvalue weighted by atomic mass is 16.5. The van der Waals surface area contributed by atoms with Crippen molar-refractivity contribution in [3.63, 3.8) is 0 Å². The van der Waals surface area contributed by atoms with E-state index in [-0.39, 0.29) is 18.7 Å². The van der Waals surface area contributed by atoms with Gasteiger partial charge in [0.1, 0.15) is 6.10 Å². The van der Waals surface area contributed by atoms with Gasteiger partial charge in [0.05, 0.1) is 12.2 Å². The second kappa shape index (κ2) is 14.9. The van der Waals surface area contributed by atoms with E-state index in [1.807, 2.05) is 6.08 Å². The number of hydrogen-bond acceptors (Lipinski definition) is 6. The van der Waals surface area contributed by atoms with E-state index >= 15 is 0 Å². The number of esters is 2. The van der Waals surface area contributed by atoms with Gasteiger partial charge in [-0.15, -0.1) is 6.58 Å². The summed E-state index contributed by atoms with van der Waals surface area (Å²) in [6, 6.07) is 12.3. The highest BCUT2D eigenvalue weighted by Crippen LogP contribution is 2.30. The van der Waals surface area contributed by atoms with Crippen LogP contribution < -0.4 is 11.5 Å². The Morgan fingerprint density at radius 3 is 2.46 bits per heavy atom. The van der Waals surface area contributed by atoms with Crippen LogP contribution in [0.1, 0.15) is 79.3 Å². The summed E-state index contributed by atoms with van der Waals surface area (Å²) in [4.78, 5) is 24.6. The van der Waals surface area contributed by atoms with E-state index in [2.05, 4.69) is 6.58 Å². The Balaban J connectivity index is 1.36. The molecule has 2 aromatic rings. The minimum Gasteiger partial charge on any atom is -0.462 e. The van der Waals surface area contributed by atoms with Crippen LogP contribution in [-0.2, 0) is 20.7 Å². The van der Waals surface area contributed by atoms with Crippen LogP contribution in [0.3, 0.4) is 0 Å². The number of rotatable bonds is 13. The zero-order valence-corrected chi connectivity index (χ0v) is 21.7. The number of unbranched alkanes of at least 4 members (excludes halogenated alkanes) is 3. The molecular weight excluding hydrogens is 464 g/mol. The van der Waals surface area contributed by atoms with E-state index in [0.717, 1.165) is 49.1 Å². The molecule has 0 heterocycles. The third-order valence-corrected chi connectivity index (χ3v) is 6.93. The van der Waals surface area contributed by atoms with Crippen molar-refractivity contribution in [3.8, 4) is 0 Å². The van der Waals surface area contributed by atoms with Gasteiger partial charge in [-0.3, -0.25) is 0 Å². The SMILES string of the molecule is C=CCCCCCC1CCC(OC(=O)c2ccc(/C=C/C(=O)OCCc3cc(N)ccc3N)cc2)CC1. The van der Waals surface area contributed by atoms with Gasteiger partial charge in [-0.2, -0.15) is 0 Å². The molecule has 1 aliphatic carbocycles. The van der Waals surface area contributed by atoms with Crippen LogP contribution in [0.4, 0.5) is 11.4 Å². The fourth-order valence-corrected chi connectivity index (χ4v) is 4.70. The van der Waals surface area contributed by atoms with Crippen LogP contribution in [0.15, 0.2) is 61.2 Å². The molecule has 0 atom stereocenters. The van der Waals surface area contributed by atoms with E-state index in [9.17, 15) is 9.59 Å². The first-order valence-electron chi connectivity index (χ1n) is 13.3. The summed E-state index contributed by atoms with van der Waals surface area (Å²) < 4.78 is 11.0. The molecule has 4 N–H and O–H groups in total. The van der Waals surface area contributed by atoms with Gasteiger partial charge >= 0.3 is 11.9 Å². The van der Waals surface area contributed by atoms with Gasteiger partial charge in [0, 0.05) is 23.9 Å². The molecule has 0 unspecified atom stereocenters. The molecule has 3 rings (SSSR count). The number of nitrogen functional groups attached to an aromatic ring is 2. The molecule has 1 fully saturated rings. The van der Waals surface area contributed by atoms with Crippen molar-refractivity contribution in [1.29, 1.82) is 0 Å². The Morgan fingerprint density at radius 1 is 0.973 bits per heavy atom. The lowest BCUT2D eigenvalue weighted by Gasteiger charge is -2.28. The number of carbonyl (C=O) groups is 2. The summed E-state index contributed by atoms with van der Waals surface area (Å²) in [5.41, 5.74) is 15.1. The Bertz CT molecular complexity index is 1050. The molecule has 1 aliphatic rings. The van der Waals surface area contributed by atoms with Crippen LogP contribution in [0.2, 0.25) is 0 Å². The van der Waals surface area contributed by atoms with Crippen LogP contribution in [0, 0.1) is 5.92 Å². The van der Waals surface area contributed by atoms with E-state index in [1.54, 1.807) is 48.5 Å². The maximum Gasteiger partial charge on any atom is 0.338 e. The minimum atomic E-state index is -0.446. The van der Waals surface area contributed by atoms with E-state index in [4.69, 9.17) is 20.9 Å². The first-order valence-corrected chi connectivity index (χ1v) is 13.3. The van der Waals surface area contributed by atoms with Crippen molar-refractivity contribution >= 4 is 29.4 Å². The standard InChI is InChI=1S/C31H40N2O4/c1-2-3-4-5-6-7-23-10-16-28(17-11-23)37-31(35)25-13-8-24(9-14-25)12-19-30(34)36-21-20-26-22-27(32)15-18-29(26)33/h2,8-9,12-15,18-19,22-23,28H,1,3-7,10-11,16-17,20-21,32-33H2/b19-12+. The van der Waals surface area contributed by atoms with Crippen LogP contribution in [-0.4, -0.2) is 24.6 Å². The normalized spacial score (nSPS) is 17.4. The van der Waals surface area contributed by atoms with E-state index in [0.29, 0.717) is 23.4 Å². The Kier molecular flexibility index (Phi) is 11.3. The van der Waals surface area contributed by atoms with Crippen molar-refractivity contribution in [3.05, 3.63) is 77.9 Å². The third kappa shape index (κ3) is 9.79. The van der Waals surface area contributed by atoms with Crippen LogP contribution in [0.25, 0.3) is 6.08 Å². The number of ether oxygens (including phenoxy) is 2. The Labute approximate surface area is 220 Å². The minimum absolute atomic E-state index is 0.00142. The first kappa shape index (κ1) is 28.0. The van der Waals surface area contributed by atoms with Crippen molar-refractivity contribution < 1.29 is 19.1 Å². The van der Waals surface area contributed by atoms with Gasteiger partial charge in [0.25, 0.3) is 0 Å². The zero-order chi connectivity index (χ0) is 26.5. The lowest BCUT2D eigenvalue weighted by atomic mass is 9.84. The summed E-state index contributed by atoms with van der Waals surface area (Å²) in [6.45, 7) is 3.98. The van der Waals surface area contributed by atoms with Gasteiger partial charge < -0.3 is 20.9 Å². The van der Waals surface area contributed by atoms with Crippen LogP contribution in [0.5, 0.6) is 0 Å². The van der Waals surface area contributed by atoms with Crippen molar-refractivity contribution in [2.24, 2.45) is 5.92 Å². The summed E-state index contributed by atoms with van der Waals surface area (Å²) in [5, 5.41) is 0. The lowest BCUT2D eigenvalue weighted by Crippen LogP contribution is -2.24. The fraction of sp³-hybridized carbons (Fsp3) is 0.419. The molecule has 0 aromatic heterocycles. The molecule has 6 nitrogen and oxygen atoms in total. The third-order valence-electron chi connectivity index (χ3n) is 6.93. The smallest absolute Gasteiger partial charge is 0.338 e. The van der Waals surface area contributed by atoms with Gasteiger partial charge in [-0.1, -0.05) is 37.5 Å². The lowest BCUT2D eigenvalue weighted by molar-refractivity contribution is -0.137. The number of benzene rings is 2. The van der Waals surface area contributed by atoms with Crippen molar-refractivity contribution in [2.75, 3.05) is 18.1 Å². The molecule has 2 aromatic carbocycles. The average molecular weight is 505 g/mol. The molecule has 0 saturated heterocycles. The maximum atomic E-state index is 12.6. The Morgan fingerprint density at radius 2 is 1.73 bits per heavy atom. The Hall–Kier alpha value is -3.54. The summed E-state index contributed by atoms with van der Waals surface area (Å²) >= 11 is 0. The average Bonchev–Trinajstić information content (AvgIpc) is 2.90. The molecular formula is C31H40N2O4. The quantitative estimate of drug-likeness (QED) is 0.106. The van der Waals surface area contributed by atoms with Gasteiger partial charge in [0.2, 0.25) is 0 Å². The largest absolute Gasteiger partial charge is 0.462 e. The number of carbonyl (C=O) groups excluding carboxylic acids is 2. The molecule has 0 amide bonds. The van der Waals surface area contributed by atoms with Gasteiger partial charge in [0.15, 0.2) is 0 Å². The topological polar surface area (TPSA) is 105 Å². The number of hydrogen-bond donors (Lipinski definition) is 2. The van der Waals surface area contributed by atoms with Crippen molar-refractivity contribution in [2.45, 2.75) is 70.3 Å². The number of anilines is 2. The zero-order valence-electron chi connectivity index (χ0n) is 21.7. The molecule has 0 bridgehead atoms. The van der Waals surface area contributed by atoms with Gasteiger partial charge in [-0.05, 0) is 92.0 Å². The predicted molar refractivity (Wildman–Crippen MR) is 150 cm³/mol. The van der Waals surface area contributed by atoms with E-state index in [1.165, 1.54) is 31.8 Å². The summed E-state index contributed by atoms with van der Waals surface area (Å²) in [7, 11) is 0. The second-order valence-corrected chi connectivity index (χ2v) is 9.81. The van der Waals surface area contributed by atoms with Gasteiger partial charge in [-0.25, -0.2) is 9.59 Å². The molecule has 0 spiro atoms. The molecule has 37 heavy (non-hydrogen) atoms. The number of nitrogens with two attached hydrogens (primary N) is 2. The molecule has 198 valence electrons. The summed E-state index contributed by atoms with van der Waals surface area (Å²) in [5.74, 6) is 0.0219. The molecule has 1 saturated carbocycles. The van der Waals surface area contributed by atoms with E-state index < -0.39 is 5.97 Å². The van der Waals surface area contributed by atoms with Crippen molar-refractivity contribution in [1.82, 2.24) is 0 Å². The molecule has 0 radical (unpaired) electrons. The predicted octanol–water partition coefficient (Wildman–Crippen LogP) is 6.50. The monoisotopic (exact) mass is 504 g/mol. The summed E-state index contributed by atoms with van der Waals surface area (Å²) in [6.07, 6.45) is 15.8. The first-order chi connectivity index (χ1) is 17.9. The molecule has 0 aliphatic heterocycles. The second-order valence-electron chi connectivity index (χ2n) is 9.81. The maximum absolute atomic E-state index is 12.6. The highest BCUT2D eigenvalue weighted by molar-refractivity contribution is 5.90. The fourth-order valence-electron chi connectivity index (χ4n) is 4.70.